The van der Waals surface area contributed by atoms with Crippen LogP contribution in [-0.2, 0) is 12.8 Å². The summed E-state index contributed by atoms with van der Waals surface area (Å²) in [4.78, 5) is 4.85. The molecule has 2 aliphatic rings. The lowest BCUT2D eigenvalue weighted by atomic mass is 9.73. The Hall–Kier alpha value is -2.04. The highest BCUT2D eigenvalue weighted by Crippen LogP contribution is 2.51. The van der Waals surface area contributed by atoms with Gasteiger partial charge in [-0.05, 0) is 77.6 Å². The van der Waals surface area contributed by atoms with Gasteiger partial charge in [0.05, 0.1) is 25.8 Å². The Balaban J connectivity index is 0.00000205. The number of hydrogen-bond donors (Lipinski definition) is 1. The van der Waals surface area contributed by atoms with Gasteiger partial charge in [-0.3, -0.25) is 4.98 Å². The molecule has 2 aromatic carbocycles. The van der Waals surface area contributed by atoms with Crippen LogP contribution in [0.4, 0.5) is 0 Å². The predicted octanol–water partition coefficient (Wildman–Crippen LogP) is 5.40. The summed E-state index contributed by atoms with van der Waals surface area (Å²) in [7, 11) is 3.35. The van der Waals surface area contributed by atoms with Crippen LogP contribution in [0.25, 0.3) is 21.7 Å². The van der Waals surface area contributed by atoms with Crippen LogP contribution in [0.2, 0.25) is 0 Å². The van der Waals surface area contributed by atoms with Crippen LogP contribution < -0.4 is 9.47 Å². The van der Waals surface area contributed by atoms with Crippen LogP contribution in [-0.4, -0.2) is 24.3 Å². The molecular formula is C24H28ClNO3. The Morgan fingerprint density at radius 3 is 2.45 bits per heavy atom. The van der Waals surface area contributed by atoms with E-state index in [-0.39, 0.29) is 12.4 Å². The van der Waals surface area contributed by atoms with E-state index in [1.54, 1.807) is 14.2 Å². The zero-order valence-electron chi connectivity index (χ0n) is 17.2. The summed E-state index contributed by atoms with van der Waals surface area (Å²) in [5.41, 5.74) is 4.44. The quantitative estimate of drug-likeness (QED) is 0.584. The van der Waals surface area contributed by atoms with Crippen molar-refractivity contribution in [3.63, 3.8) is 0 Å². The summed E-state index contributed by atoms with van der Waals surface area (Å²) >= 11 is 0. The normalized spacial score (nSPS) is 22.8. The molecule has 0 saturated heterocycles. The highest BCUT2D eigenvalue weighted by molar-refractivity contribution is 6.11. The summed E-state index contributed by atoms with van der Waals surface area (Å²) < 4.78 is 11.2. The first-order chi connectivity index (χ1) is 13.7. The molecule has 5 heteroatoms. The van der Waals surface area contributed by atoms with Gasteiger partial charge in [0, 0.05) is 17.1 Å². The first kappa shape index (κ1) is 20.2. The number of halogens is 1. The van der Waals surface area contributed by atoms with Crippen LogP contribution in [0, 0.1) is 11.8 Å². The van der Waals surface area contributed by atoms with Gasteiger partial charge in [0.1, 0.15) is 0 Å². The minimum absolute atomic E-state index is 0. The molecule has 1 heterocycles. The maximum Gasteiger partial charge on any atom is 0.161 e. The third kappa shape index (κ3) is 2.96. The summed E-state index contributed by atoms with van der Waals surface area (Å²) in [5, 5.41) is 14.8. The van der Waals surface area contributed by atoms with E-state index < -0.39 is 6.10 Å². The number of aryl methyl sites for hydroxylation is 1. The Labute approximate surface area is 177 Å². The van der Waals surface area contributed by atoms with E-state index in [1.807, 2.05) is 6.20 Å². The zero-order chi connectivity index (χ0) is 19.4. The lowest BCUT2D eigenvalue weighted by Crippen LogP contribution is -2.26. The number of hydrogen-bond acceptors (Lipinski definition) is 4. The van der Waals surface area contributed by atoms with Crippen LogP contribution in [0.1, 0.15) is 49.0 Å². The van der Waals surface area contributed by atoms with Crippen molar-refractivity contribution in [2.75, 3.05) is 14.2 Å². The van der Waals surface area contributed by atoms with Gasteiger partial charge in [0.15, 0.2) is 11.5 Å². The van der Waals surface area contributed by atoms with Crippen LogP contribution in [0.3, 0.4) is 0 Å². The van der Waals surface area contributed by atoms with E-state index in [1.165, 1.54) is 29.4 Å². The summed E-state index contributed by atoms with van der Waals surface area (Å²) in [6.07, 6.45) is 7.00. The molecule has 29 heavy (non-hydrogen) atoms. The highest BCUT2D eigenvalue weighted by Gasteiger charge is 2.40. The third-order valence-electron chi connectivity index (χ3n) is 6.96. The van der Waals surface area contributed by atoms with E-state index in [4.69, 9.17) is 14.5 Å². The van der Waals surface area contributed by atoms with E-state index in [0.717, 1.165) is 52.6 Å². The van der Waals surface area contributed by atoms with Crippen molar-refractivity contribution in [2.45, 2.75) is 45.1 Å². The van der Waals surface area contributed by atoms with Crippen molar-refractivity contribution in [1.29, 1.82) is 0 Å². The third-order valence-corrected chi connectivity index (χ3v) is 6.96. The van der Waals surface area contributed by atoms with Gasteiger partial charge in [-0.15, -0.1) is 12.4 Å². The Morgan fingerprint density at radius 1 is 1.03 bits per heavy atom. The largest absolute Gasteiger partial charge is 0.493 e. The van der Waals surface area contributed by atoms with Gasteiger partial charge >= 0.3 is 0 Å². The first-order valence-corrected chi connectivity index (χ1v) is 10.3. The number of rotatable bonds is 3. The van der Waals surface area contributed by atoms with Gasteiger partial charge in [0.25, 0.3) is 0 Å². The number of aliphatic hydroxyl groups is 1. The number of methoxy groups -OCH3 is 2. The number of aromatic nitrogens is 1. The van der Waals surface area contributed by atoms with Gasteiger partial charge in [-0.2, -0.15) is 0 Å². The fourth-order valence-electron chi connectivity index (χ4n) is 5.51. The second-order valence-corrected chi connectivity index (χ2v) is 8.24. The molecular weight excluding hydrogens is 386 g/mol. The first-order valence-electron chi connectivity index (χ1n) is 10.3. The molecule has 1 N–H and O–H groups in total. The van der Waals surface area contributed by atoms with Crippen LogP contribution in [0.15, 0.2) is 24.4 Å². The van der Waals surface area contributed by atoms with Crippen molar-refractivity contribution in [3.8, 4) is 11.5 Å². The SMILES string of the molecule is CCc1cnc2c3c(c4cc(OC)c(OC)cc4c2c1)CC1CCC[C@H]1[C@H]3O.Cl. The van der Waals surface area contributed by atoms with Gasteiger partial charge in [-0.1, -0.05) is 13.3 Å². The van der Waals surface area contributed by atoms with Crippen molar-refractivity contribution < 1.29 is 14.6 Å². The van der Waals surface area contributed by atoms with Gasteiger partial charge in [-0.25, -0.2) is 0 Å². The average molecular weight is 414 g/mol. The number of pyridine rings is 1. The fraction of sp³-hybridized carbons (Fsp3) is 0.458. The maximum atomic E-state index is 11.3. The molecule has 3 aromatic rings. The van der Waals surface area contributed by atoms with Crippen LogP contribution in [0.5, 0.6) is 11.5 Å². The monoisotopic (exact) mass is 413 g/mol. The minimum atomic E-state index is -0.434. The summed E-state index contributed by atoms with van der Waals surface area (Å²) in [5.74, 6) is 2.39. The van der Waals surface area contributed by atoms with Gasteiger partial charge in [0.2, 0.25) is 0 Å². The fourth-order valence-corrected chi connectivity index (χ4v) is 5.51. The molecule has 0 spiro atoms. The van der Waals surface area contributed by atoms with E-state index in [0.29, 0.717) is 11.8 Å². The second kappa shape index (κ2) is 7.66. The number of fused-ring (bicyclic) bond motifs is 7. The second-order valence-electron chi connectivity index (χ2n) is 8.24. The Bertz CT molecular complexity index is 1080. The number of ether oxygens (including phenoxy) is 2. The summed E-state index contributed by atoms with van der Waals surface area (Å²) in [6, 6.07) is 6.39. The lowest BCUT2D eigenvalue weighted by molar-refractivity contribution is 0.0758. The molecule has 1 unspecified atom stereocenters. The molecule has 5 rings (SSSR count). The standard InChI is InChI=1S/C24H27NO3.ClH/c1-4-13-8-19-17-11-21(28-3)20(27-2)10-16(17)18-9-14-6-5-7-15(14)24(26)22(18)23(19)25-12-13;/h8,10-12,14-15,24,26H,4-7,9H2,1-3H3;1H/t14?,15-,24-;/m1./s1. The molecule has 154 valence electrons. The number of benzene rings is 2. The minimum Gasteiger partial charge on any atom is -0.493 e. The smallest absolute Gasteiger partial charge is 0.161 e. The average Bonchev–Trinajstić information content (AvgIpc) is 3.21. The number of aliphatic hydroxyl groups excluding tert-OH is 1. The zero-order valence-corrected chi connectivity index (χ0v) is 18.0. The molecule has 4 nitrogen and oxygen atoms in total. The van der Waals surface area contributed by atoms with Crippen molar-refractivity contribution in [2.24, 2.45) is 11.8 Å². The molecule has 3 atom stereocenters. The lowest BCUT2D eigenvalue weighted by Gasteiger charge is -2.34. The molecule has 0 bridgehead atoms. The molecule has 1 aromatic heterocycles. The summed E-state index contributed by atoms with van der Waals surface area (Å²) in [6.45, 7) is 2.14. The molecule has 1 fully saturated rings. The van der Waals surface area contributed by atoms with E-state index in [9.17, 15) is 5.11 Å². The topological polar surface area (TPSA) is 51.6 Å². The molecule has 0 aliphatic heterocycles. The Kier molecular flexibility index (Phi) is 5.34. The molecule has 0 radical (unpaired) electrons. The van der Waals surface area contributed by atoms with E-state index in [2.05, 4.69) is 25.1 Å². The van der Waals surface area contributed by atoms with Crippen molar-refractivity contribution in [1.82, 2.24) is 4.98 Å². The maximum absolute atomic E-state index is 11.3. The van der Waals surface area contributed by atoms with Gasteiger partial charge < -0.3 is 14.6 Å². The van der Waals surface area contributed by atoms with Crippen molar-refractivity contribution in [3.05, 3.63) is 41.1 Å². The van der Waals surface area contributed by atoms with Crippen molar-refractivity contribution >= 4 is 34.1 Å². The predicted molar refractivity (Wildman–Crippen MR) is 118 cm³/mol. The van der Waals surface area contributed by atoms with E-state index >= 15 is 0 Å². The van der Waals surface area contributed by atoms with Crippen LogP contribution >= 0.6 is 12.4 Å². The Morgan fingerprint density at radius 2 is 1.76 bits per heavy atom. The highest BCUT2D eigenvalue weighted by atomic mass is 35.5. The molecule has 2 aliphatic carbocycles. The number of nitrogens with zero attached hydrogens (tertiary/aromatic N) is 1. The molecule has 1 saturated carbocycles. The molecule has 0 amide bonds.